The lowest BCUT2D eigenvalue weighted by Gasteiger charge is -2.07. The summed E-state index contributed by atoms with van der Waals surface area (Å²) in [4.78, 5) is 4.21. The van der Waals surface area contributed by atoms with Gasteiger partial charge in [0.25, 0.3) is 0 Å². The van der Waals surface area contributed by atoms with Gasteiger partial charge >= 0.3 is 0 Å². The fourth-order valence-corrected chi connectivity index (χ4v) is 1.16. The zero-order valence-corrected chi connectivity index (χ0v) is 11.4. The third-order valence-corrected chi connectivity index (χ3v) is 2.19. The maximum absolute atomic E-state index is 5.70. The Bertz CT molecular complexity index is 196. The van der Waals surface area contributed by atoms with Crippen LogP contribution in [0, 0.1) is 5.92 Å². The van der Waals surface area contributed by atoms with Crippen LogP contribution in [0.3, 0.4) is 0 Å². The van der Waals surface area contributed by atoms with E-state index in [1.54, 1.807) is 7.11 Å². The number of ether oxygens (including phenoxy) is 2. The van der Waals surface area contributed by atoms with Gasteiger partial charge in [-0.2, -0.15) is 0 Å². The molecule has 0 aliphatic heterocycles. The zero-order chi connectivity index (χ0) is 12.9. The van der Waals surface area contributed by atoms with Gasteiger partial charge in [-0.15, -0.1) is 0 Å². The van der Waals surface area contributed by atoms with Crippen molar-refractivity contribution < 1.29 is 9.47 Å². The summed E-state index contributed by atoms with van der Waals surface area (Å²) in [6, 6.07) is 0. The number of hydrogen-bond acceptors (Lipinski definition) is 3. The van der Waals surface area contributed by atoms with Crippen molar-refractivity contribution >= 4 is 5.96 Å². The second kappa shape index (κ2) is 11.7. The van der Waals surface area contributed by atoms with Crippen LogP contribution in [0.4, 0.5) is 0 Å². The minimum atomic E-state index is 0.530. The van der Waals surface area contributed by atoms with Crippen LogP contribution in [0.15, 0.2) is 4.99 Å². The average Bonchev–Trinajstić information content (AvgIpc) is 2.27. The van der Waals surface area contributed by atoms with Gasteiger partial charge in [-0.1, -0.05) is 13.8 Å². The highest BCUT2D eigenvalue weighted by Gasteiger charge is 1.95. The fourth-order valence-electron chi connectivity index (χ4n) is 1.16. The predicted molar refractivity (Wildman–Crippen MR) is 71.3 cm³/mol. The summed E-state index contributed by atoms with van der Waals surface area (Å²) in [5.41, 5.74) is 5.70. The van der Waals surface area contributed by atoms with Crippen molar-refractivity contribution in [3.63, 3.8) is 0 Å². The van der Waals surface area contributed by atoms with Crippen molar-refractivity contribution in [2.45, 2.75) is 26.7 Å². The molecular weight excluding hydrogens is 218 g/mol. The Kier molecular flexibility index (Phi) is 11.1. The molecule has 102 valence electrons. The number of aliphatic imine (C=N–C) groups is 1. The van der Waals surface area contributed by atoms with Crippen LogP contribution in [0.1, 0.15) is 26.7 Å². The quantitative estimate of drug-likeness (QED) is 0.342. The molecule has 0 atom stereocenters. The number of guanidine groups is 1. The van der Waals surface area contributed by atoms with Crippen LogP contribution in [-0.2, 0) is 9.47 Å². The molecule has 0 saturated heterocycles. The van der Waals surface area contributed by atoms with Gasteiger partial charge < -0.3 is 20.5 Å². The third kappa shape index (κ3) is 13.1. The summed E-state index contributed by atoms with van der Waals surface area (Å²) in [5, 5.41) is 3.09. The first-order valence-electron chi connectivity index (χ1n) is 6.27. The van der Waals surface area contributed by atoms with E-state index in [-0.39, 0.29) is 0 Å². The van der Waals surface area contributed by atoms with E-state index in [0.29, 0.717) is 38.2 Å². The van der Waals surface area contributed by atoms with Gasteiger partial charge in [0.2, 0.25) is 0 Å². The van der Waals surface area contributed by atoms with E-state index in [0.717, 1.165) is 19.4 Å². The lowest BCUT2D eigenvalue weighted by molar-refractivity contribution is 0.0702. The van der Waals surface area contributed by atoms with Gasteiger partial charge in [-0.3, -0.25) is 4.99 Å². The van der Waals surface area contributed by atoms with Gasteiger partial charge in [-0.25, -0.2) is 0 Å². The molecule has 5 nitrogen and oxygen atoms in total. The molecule has 0 heterocycles. The number of nitrogens with one attached hydrogen (secondary N) is 1. The topological polar surface area (TPSA) is 68.9 Å². The molecule has 0 fully saturated rings. The molecule has 0 rings (SSSR count). The van der Waals surface area contributed by atoms with E-state index in [2.05, 4.69) is 24.2 Å². The normalized spacial score (nSPS) is 12.1. The van der Waals surface area contributed by atoms with E-state index in [1.165, 1.54) is 0 Å². The second-order valence-corrected chi connectivity index (χ2v) is 4.33. The molecule has 17 heavy (non-hydrogen) atoms. The first kappa shape index (κ1) is 16.2. The summed E-state index contributed by atoms with van der Waals surface area (Å²) >= 11 is 0. The maximum atomic E-state index is 5.70. The zero-order valence-electron chi connectivity index (χ0n) is 11.4. The van der Waals surface area contributed by atoms with Crippen LogP contribution in [0.25, 0.3) is 0 Å². The lowest BCUT2D eigenvalue weighted by Crippen LogP contribution is -2.33. The maximum Gasteiger partial charge on any atom is 0.188 e. The number of methoxy groups -OCH3 is 1. The molecule has 0 aromatic carbocycles. The summed E-state index contributed by atoms with van der Waals surface area (Å²) in [6.07, 6.45) is 1.99. The van der Waals surface area contributed by atoms with Gasteiger partial charge in [0, 0.05) is 26.8 Å². The van der Waals surface area contributed by atoms with Crippen molar-refractivity contribution in [2.24, 2.45) is 16.6 Å². The molecule has 0 unspecified atom stereocenters. The first-order valence-corrected chi connectivity index (χ1v) is 6.27. The van der Waals surface area contributed by atoms with E-state index < -0.39 is 0 Å². The summed E-state index contributed by atoms with van der Waals surface area (Å²) in [7, 11) is 1.66. The van der Waals surface area contributed by atoms with Crippen molar-refractivity contribution in [3.8, 4) is 0 Å². The van der Waals surface area contributed by atoms with Gasteiger partial charge in [0.1, 0.15) is 0 Å². The smallest absolute Gasteiger partial charge is 0.188 e. The van der Waals surface area contributed by atoms with Crippen LogP contribution < -0.4 is 11.1 Å². The van der Waals surface area contributed by atoms with E-state index in [9.17, 15) is 0 Å². The summed E-state index contributed by atoms with van der Waals surface area (Å²) < 4.78 is 10.2. The Morgan fingerprint density at radius 3 is 2.71 bits per heavy atom. The summed E-state index contributed by atoms with van der Waals surface area (Å²) in [6.45, 7) is 7.94. The van der Waals surface area contributed by atoms with E-state index in [4.69, 9.17) is 15.2 Å². The molecule has 0 bridgehead atoms. The average molecular weight is 245 g/mol. The van der Waals surface area contributed by atoms with Crippen molar-refractivity contribution in [3.05, 3.63) is 0 Å². The van der Waals surface area contributed by atoms with Gasteiger partial charge in [-0.05, 0) is 18.8 Å². The molecule has 0 saturated carbocycles. The molecular formula is C12H27N3O2. The molecule has 0 amide bonds. The van der Waals surface area contributed by atoms with Gasteiger partial charge in [0.05, 0.1) is 13.2 Å². The molecule has 0 radical (unpaired) electrons. The van der Waals surface area contributed by atoms with E-state index >= 15 is 0 Å². The highest BCUT2D eigenvalue weighted by atomic mass is 16.5. The molecule has 0 aromatic heterocycles. The number of rotatable bonds is 10. The van der Waals surface area contributed by atoms with E-state index in [1.807, 2.05) is 0 Å². The third-order valence-electron chi connectivity index (χ3n) is 2.19. The monoisotopic (exact) mass is 245 g/mol. The molecule has 0 aromatic rings. The van der Waals surface area contributed by atoms with Gasteiger partial charge in [0.15, 0.2) is 5.96 Å². The number of nitrogens with zero attached hydrogens (tertiary/aromatic N) is 1. The lowest BCUT2D eigenvalue weighted by atomic mass is 10.1. The second-order valence-electron chi connectivity index (χ2n) is 4.33. The van der Waals surface area contributed by atoms with Crippen molar-refractivity contribution in [2.75, 3.05) is 40.0 Å². The Balaban J connectivity index is 3.31. The van der Waals surface area contributed by atoms with Crippen molar-refractivity contribution in [1.82, 2.24) is 5.32 Å². The SMILES string of the molecule is COCCOCCCN=C(N)NCCC(C)C. The standard InChI is InChI=1S/C12H27N3O2/c1-11(2)5-7-15-12(13)14-6-4-8-17-10-9-16-3/h11H,4-10H2,1-3H3,(H3,13,14,15). The molecule has 0 aliphatic rings. The molecule has 3 N–H and O–H groups in total. The molecule has 0 spiro atoms. The Labute approximate surface area is 105 Å². The Morgan fingerprint density at radius 2 is 2.06 bits per heavy atom. The Morgan fingerprint density at radius 1 is 1.29 bits per heavy atom. The van der Waals surface area contributed by atoms with Crippen LogP contribution in [-0.4, -0.2) is 46.0 Å². The highest BCUT2D eigenvalue weighted by molar-refractivity contribution is 5.77. The largest absolute Gasteiger partial charge is 0.382 e. The molecule has 5 heteroatoms. The molecule has 0 aliphatic carbocycles. The van der Waals surface area contributed by atoms with Crippen molar-refractivity contribution in [1.29, 1.82) is 0 Å². The Hall–Kier alpha value is -0.810. The van der Waals surface area contributed by atoms with Crippen LogP contribution in [0.5, 0.6) is 0 Å². The minimum absolute atomic E-state index is 0.530. The minimum Gasteiger partial charge on any atom is -0.382 e. The van der Waals surface area contributed by atoms with Crippen LogP contribution >= 0.6 is 0 Å². The number of hydrogen-bond donors (Lipinski definition) is 2. The fraction of sp³-hybridized carbons (Fsp3) is 0.917. The summed E-state index contributed by atoms with van der Waals surface area (Å²) in [5.74, 6) is 1.21. The highest BCUT2D eigenvalue weighted by Crippen LogP contribution is 1.95. The predicted octanol–water partition coefficient (Wildman–Crippen LogP) is 0.990. The first-order chi connectivity index (χ1) is 8.16. The van der Waals surface area contributed by atoms with Crippen LogP contribution in [0.2, 0.25) is 0 Å². The number of nitrogens with two attached hydrogens (primary N) is 1.